The molecule has 26 heavy (non-hydrogen) atoms. The molecule has 0 unspecified atom stereocenters. The van der Waals surface area contributed by atoms with Crippen molar-refractivity contribution in [2.24, 2.45) is 5.92 Å². The molecule has 1 aliphatic carbocycles. The minimum absolute atomic E-state index is 0.0445. The van der Waals surface area contributed by atoms with Crippen LogP contribution in [0.3, 0.4) is 0 Å². The van der Waals surface area contributed by atoms with Crippen LogP contribution < -0.4 is 0 Å². The van der Waals surface area contributed by atoms with E-state index in [0.29, 0.717) is 25.2 Å². The van der Waals surface area contributed by atoms with Crippen LogP contribution in [0.15, 0.2) is 30.3 Å². The van der Waals surface area contributed by atoms with Crippen molar-refractivity contribution in [1.82, 2.24) is 4.90 Å². The minimum Gasteiger partial charge on any atom is -0.461 e. The summed E-state index contributed by atoms with van der Waals surface area (Å²) in [6.45, 7) is 5.95. The Bertz CT molecular complexity index is 628. The van der Waals surface area contributed by atoms with Gasteiger partial charge in [-0.25, -0.2) is 0 Å². The van der Waals surface area contributed by atoms with E-state index < -0.39 is 5.79 Å². The van der Waals surface area contributed by atoms with Crippen LogP contribution in [0.25, 0.3) is 0 Å². The van der Waals surface area contributed by atoms with Crippen molar-refractivity contribution < 1.29 is 19.0 Å². The van der Waals surface area contributed by atoms with Crippen LogP contribution in [-0.4, -0.2) is 48.1 Å². The molecule has 0 amide bonds. The molecule has 0 radical (unpaired) electrons. The van der Waals surface area contributed by atoms with E-state index in [2.05, 4.69) is 36.1 Å². The van der Waals surface area contributed by atoms with Crippen molar-refractivity contribution >= 4 is 5.97 Å². The first-order valence-electron chi connectivity index (χ1n) is 9.81. The van der Waals surface area contributed by atoms with Crippen LogP contribution in [0.4, 0.5) is 0 Å². The summed E-state index contributed by atoms with van der Waals surface area (Å²) in [5.74, 6) is -0.0724. The van der Waals surface area contributed by atoms with Gasteiger partial charge in [-0.05, 0) is 31.2 Å². The molecule has 0 aromatic heterocycles. The lowest BCUT2D eigenvalue weighted by atomic mass is 9.73. The highest BCUT2D eigenvalue weighted by Crippen LogP contribution is 2.46. The Kier molecular flexibility index (Phi) is 5.04. The molecule has 2 saturated heterocycles. The molecule has 142 valence electrons. The molecule has 2 aliphatic heterocycles. The number of hydrogen-bond acceptors (Lipinski definition) is 5. The van der Waals surface area contributed by atoms with Crippen LogP contribution >= 0.6 is 0 Å². The van der Waals surface area contributed by atoms with Gasteiger partial charge >= 0.3 is 5.97 Å². The molecule has 1 saturated carbocycles. The number of nitrogens with zero attached hydrogens (tertiary/aromatic N) is 1. The largest absolute Gasteiger partial charge is 0.461 e. The maximum absolute atomic E-state index is 11.6. The zero-order valence-corrected chi connectivity index (χ0v) is 15.7. The van der Waals surface area contributed by atoms with E-state index >= 15 is 0 Å². The fraction of sp³-hybridized carbons (Fsp3) is 0.667. The summed E-state index contributed by atoms with van der Waals surface area (Å²) in [6.07, 6.45) is 3.79. The Hall–Kier alpha value is -1.43. The van der Waals surface area contributed by atoms with Crippen molar-refractivity contribution in [2.45, 2.75) is 70.1 Å². The van der Waals surface area contributed by atoms with Crippen LogP contribution in [0.1, 0.15) is 45.1 Å². The number of ether oxygens (including phenoxy) is 3. The molecular formula is C21H29NO4. The third kappa shape index (κ3) is 3.53. The van der Waals surface area contributed by atoms with Crippen molar-refractivity contribution in [2.75, 3.05) is 13.2 Å². The second kappa shape index (κ2) is 7.29. The molecule has 0 N–H and O–H groups in total. The summed E-state index contributed by atoms with van der Waals surface area (Å²) >= 11 is 0. The van der Waals surface area contributed by atoms with E-state index in [0.717, 1.165) is 32.2 Å². The summed E-state index contributed by atoms with van der Waals surface area (Å²) in [6, 6.07) is 11.1. The van der Waals surface area contributed by atoms with Gasteiger partial charge in [0, 0.05) is 38.4 Å². The van der Waals surface area contributed by atoms with Gasteiger partial charge in [-0.1, -0.05) is 30.3 Å². The number of hydrogen-bond donors (Lipinski definition) is 0. The van der Waals surface area contributed by atoms with Gasteiger partial charge in [0.2, 0.25) is 0 Å². The van der Waals surface area contributed by atoms with E-state index in [1.54, 1.807) is 0 Å². The van der Waals surface area contributed by atoms with Crippen molar-refractivity contribution in [3.05, 3.63) is 35.9 Å². The number of rotatable bonds is 3. The predicted octanol–water partition coefficient (Wildman–Crippen LogP) is 3.12. The second-order valence-electron chi connectivity index (χ2n) is 7.96. The topological polar surface area (TPSA) is 48.0 Å². The monoisotopic (exact) mass is 359 g/mol. The maximum Gasteiger partial charge on any atom is 0.302 e. The summed E-state index contributed by atoms with van der Waals surface area (Å²) in [5, 5.41) is 0. The minimum atomic E-state index is -0.399. The molecule has 1 aromatic carbocycles. The smallest absolute Gasteiger partial charge is 0.302 e. The fourth-order valence-electron chi connectivity index (χ4n) is 5.03. The van der Waals surface area contributed by atoms with E-state index in [1.165, 1.54) is 12.5 Å². The van der Waals surface area contributed by atoms with Crippen LogP contribution in [0, 0.1) is 5.92 Å². The van der Waals surface area contributed by atoms with E-state index in [-0.39, 0.29) is 18.1 Å². The lowest BCUT2D eigenvalue weighted by Gasteiger charge is -2.53. The fourth-order valence-corrected chi connectivity index (χ4v) is 5.03. The zero-order chi connectivity index (χ0) is 18.1. The van der Waals surface area contributed by atoms with Gasteiger partial charge < -0.3 is 14.2 Å². The van der Waals surface area contributed by atoms with Crippen molar-refractivity contribution in [1.29, 1.82) is 0 Å². The molecule has 0 bridgehead atoms. The number of carbonyl (C=O) groups is 1. The van der Waals surface area contributed by atoms with Gasteiger partial charge in [-0.15, -0.1) is 0 Å². The zero-order valence-electron chi connectivity index (χ0n) is 15.7. The van der Waals surface area contributed by atoms with Gasteiger partial charge in [0.15, 0.2) is 5.79 Å². The van der Waals surface area contributed by atoms with Crippen LogP contribution in [-0.2, 0) is 25.5 Å². The molecule has 5 heteroatoms. The average molecular weight is 359 g/mol. The first kappa shape index (κ1) is 18.0. The molecule has 4 atom stereocenters. The van der Waals surface area contributed by atoms with E-state index in [1.807, 2.05) is 6.07 Å². The van der Waals surface area contributed by atoms with Crippen molar-refractivity contribution in [3.63, 3.8) is 0 Å². The Morgan fingerprint density at radius 3 is 2.69 bits per heavy atom. The molecule has 3 fully saturated rings. The van der Waals surface area contributed by atoms with E-state index in [9.17, 15) is 4.79 Å². The molecule has 3 aliphatic rings. The van der Waals surface area contributed by atoms with Crippen molar-refractivity contribution in [3.8, 4) is 0 Å². The van der Waals surface area contributed by atoms with Crippen LogP contribution in [0.5, 0.6) is 0 Å². The third-order valence-electron chi connectivity index (χ3n) is 6.32. The summed E-state index contributed by atoms with van der Waals surface area (Å²) in [4.78, 5) is 14.1. The standard InChI is InChI=1S/C21H29NO4/c1-15-20(26-16(2)23)12-18-8-9-21(24-10-11-25-21)13-19(18)22(15)14-17-6-4-3-5-7-17/h3-7,15,18-20H,8-14H2,1-2H3/t15-,18+,19+,20-/m1/s1. The molecular weight excluding hydrogens is 330 g/mol. The number of esters is 1. The predicted molar refractivity (Wildman–Crippen MR) is 97.4 cm³/mol. The Morgan fingerprint density at radius 2 is 2.00 bits per heavy atom. The summed E-state index contributed by atoms with van der Waals surface area (Å²) in [7, 11) is 0. The molecule has 5 nitrogen and oxygen atoms in total. The van der Waals surface area contributed by atoms with Gasteiger partial charge in [-0.3, -0.25) is 9.69 Å². The maximum atomic E-state index is 11.6. The lowest BCUT2D eigenvalue weighted by molar-refractivity contribution is -0.214. The first-order valence-corrected chi connectivity index (χ1v) is 9.81. The lowest BCUT2D eigenvalue weighted by Crippen LogP contribution is -2.60. The Balaban J connectivity index is 1.59. The Morgan fingerprint density at radius 1 is 1.27 bits per heavy atom. The Labute approximate surface area is 155 Å². The van der Waals surface area contributed by atoms with Gasteiger partial charge in [0.05, 0.1) is 13.2 Å². The molecule has 1 aromatic rings. The summed E-state index contributed by atoms with van der Waals surface area (Å²) < 4.78 is 17.7. The molecule has 1 spiro atoms. The number of likely N-dealkylation sites (tertiary alicyclic amines) is 1. The number of fused-ring (bicyclic) bond motifs is 1. The highest BCUT2D eigenvalue weighted by molar-refractivity contribution is 5.66. The quantitative estimate of drug-likeness (QED) is 0.776. The number of carbonyl (C=O) groups excluding carboxylic acids is 1. The normalized spacial score (nSPS) is 33.8. The molecule has 4 rings (SSSR count). The van der Waals surface area contributed by atoms with E-state index in [4.69, 9.17) is 14.2 Å². The number of piperidine rings is 1. The second-order valence-corrected chi connectivity index (χ2v) is 7.96. The summed E-state index contributed by atoms with van der Waals surface area (Å²) in [5.41, 5.74) is 1.29. The van der Waals surface area contributed by atoms with Gasteiger partial charge in [0.25, 0.3) is 0 Å². The highest BCUT2D eigenvalue weighted by Gasteiger charge is 2.51. The third-order valence-corrected chi connectivity index (χ3v) is 6.32. The number of benzene rings is 1. The molecule has 2 heterocycles. The van der Waals surface area contributed by atoms with Crippen LogP contribution in [0.2, 0.25) is 0 Å². The van der Waals surface area contributed by atoms with Gasteiger partial charge in [-0.2, -0.15) is 0 Å². The SMILES string of the molecule is CC(=O)O[C@@H]1C[C@@H]2CCC3(C[C@@H]2N(Cc2ccccc2)[C@@H]1C)OCCO3. The average Bonchev–Trinajstić information content (AvgIpc) is 3.08. The highest BCUT2D eigenvalue weighted by atomic mass is 16.7. The first-order chi connectivity index (χ1) is 12.6. The van der Waals surface area contributed by atoms with Gasteiger partial charge in [0.1, 0.15) is 6.10 Å².